The van der Waals surface area contributed by atoms with E-state index < -0.39 is 29.6 Å². The second-order valence-electron chi connectivity index (χ2n) is 7.40. The fourth-order valence-corrected chi connectivity index (χ4v) is 3.68. The Morgan fingerprint density at radius 3 is 2.26 bits per heavy atom. The van der Waals surface area contributed by atoms with Gasteiger partial charge in [0.25, 0.3) is 5.79 Å². The van der Waals surface area contributed by atoms with E-state index in [2.05, 4.69) is 4.98 Å². The number of benzene rings is 2. The van der Waals surface area contributed by atoms with Gasteiger partial charge in [0.2, 0.25) is 0 Å². The molecule has 1 aliphatic rings. The maximum atomic E-state index is 12.8. The van der Waals surface area contributed by atoms with E-state index in [1.54, 1.807) is 13.8 Å². The van der Waals surface area contributed by atoms with Crippen LogP contribution in [0.3, 0.4) is 0 Å². The number of carbonyl (C=O) groups excluding carboxylic acids is 2. The van der Waals surface area contributed by atoms with E-state index in [1.165, 1.54) is 0 Å². The summed E-state index contributed by atoms with van der Waals surface area (Å²) in [5.74, 6) is -3.93. The van der Waals surface area contributed by atoms with Crippen LogP contribution in [-0.4, -0.2) is 22.7 Å². The second-order valence-corrected chi connectivity index (χ2v) is 7.40. The van der Waals surface area contributed by atoms with E-state index in [0.717, 1.165) is 27.6 Å². The third kappa shape index (κ3) is 3.10. The molecule has 5 nitrogen and oxygen atoms in total. The first-order chi connectivity index (χ1) is 12.9. The molecule has 0 amide bonds. The molecule has 27 heavy (non-hydrogen) atoms. The number of esters is 2. The minimum absolute atomic E-state index is 0.502. The molecule has 2 heterocycles. The van der Waals surface area contributed by atoms with Gasteiger partial charge in [-0.3, -0.25) is 9.59 Å². The number of aromatic amines is 1. The Kier molecular flexibility index (Phi) is 4.02. The molecule has 0 bridgehead atoms. The maximum Gasteiger partial charge on any atom is 0.324 e. The van der Waals surface area contributed by atoms with Gasteiger partial charge in [0.1, 0.15) is 0 Å². The van der Waals surface area contributed by atoms with Crippen LogP contribution in [0.15, 0.2) is 54.7 Å². The zero-order chi connectivity index (χ0) is 19.2. The Balaban J connectivity index is 1.88. The van der Waals surface area contributed by atoms with E-state index in [0.29, 0.717) is 0 Å². The fourth-order valence-electron chi connectivity index (χ4n) is 3.68. The van der Waals surface area contributed by atoms with Crippen LogP contribution < -0.4 is 0 Å². The topological polar surface area (TPSA) is 68.4 Å². The second kappa shape index (κ2) is 6.27. The van der Waals surface area contributed by atoms with Crippen LogP contribution in [0.1, 0.15) is 36.5 Å². The lowest BCUT2D eigenvalue weighted by molar-refractivity contribution is -0.240. The lowest BCUT2D eigenvalue weighted by atomic mass is 9.79. The molecule has 0 saturated carbocycles. The predicted molar refractivity (Wildman–Crippen MR) is 101 cm³/mol. The minimum Gasteiger partial charge on any atom is -0.422 e. The summed E-state index contributed by atoms with van der Waals surface area (Å²) in [7, 11) is 0. The summed E-state index contributed by atoms with van der Waals surface area (Å²) >= 11 is 0. The molecule has 0 spiro atoms. The average molecular weight is 363 g/mol. The Hall–Kier alpha value is -3.08. The Morgan fingerprint density at radius 1 is 0.963 bits per heavy atom. The highest BCUT2D eigenvalue weighted by molar-refractivity contribution is 5.99. The van der Waals surface area contributed by atoms with Gasteiger partial charge in [-0.25, -0.2) is 0 Å². The normalized spacial score (nSPS) is 18.2. The zero-order valence-electron chi connectivity index (χ0n) is 15.5. The van der Waals surface area contributed by atoms with Crippen LogP contribution in [-0.2, 0) is 19.1 Å². The fraction of sp³-hybridized carbons (Fsp3) is 0.273. The molecular formula is C22H21NO4. The largest absolute Gasteiger partial charge is 0.422 e. The van der Waals surface area contributed by atoms with Crippen molar-refractivity contribution >= 4 is 22.8 Å². The Bertz CT molecular complexity index is 996. The van der Waals surface area contributed by atoms with Gasteiger partial charge in [0.15, 0.2) is 5.92 Å². The van der Waals surface area contributed by atoms with Crippen LogP contribution in [0.4, 0.5) is 0 Å². The molecule has 1 atom stereocenters. The minimum atomic E-state index is -1.25. The van der Waals surface area contributed by atoms with E-state index >= 15 is 0 Å². The molecule has 1 aliphatic heterocycles. The van der Waals surface area contributed by atoms with Crippen molar-refractivity contribution in [2.24, 2.45) is 5.92 Å². The highest BCUT2D eigenvalue weighted by Gasteiger charge is 2.48. The van der Waals surface area contributed by atoms with Crippen molar-refractivity contribution in [1.29, 1.82) is 0 Å². The summed E-state index contributed by atoms with van der Waals surface area (Å²) in [4.78, 5) is 28.8. The molecule has 5 heteroatoms. The summed E-state index contributed by atoms with van der Waals surface area (Å²) < 4.78 is 10.8. The molecule has 0 radical (unpaired) electrons. The van der Waals surface area contributed by atoms with Crippen molar-refractivity contribution in [3.63, 3.8) is 0 Å². The lowest BCUT2D eigenvalue weighted by Crippen LogP contribution is -2.48. The first-order valence-corrected chi connectivity index (χ1v) is 8.94. The number of aryl methyl sites for hydroxylation is 1. The number of nitrogens with one attached hydrogen (secondary N) is 1. The van der Waals surface area contributed by atoms with E-state index in [9.17, 15) is 9.59 Å². The number of para-hydroxylation sites is 1. The number of H-pyrrole nitrogens is 1. The smallest absolute Gasteiger partial charge is 0.324 e. The number of aromatic nitrogens is 1. The van der Waals surface area contributed by atoms with Gasteiger partial charge in [0, 0.05) is 36.9 Å². The standard InChI is InChI=1S/C22H21NO4/c1-13-8-10-14(11-9-13)18(16-12-23-17-7-5-4-6-15(16)17)19-20(24)26-22(2,3)27-21(19)25/h4-12,18-19,23H,1-3H3/t18-/m0/s1. The van der Waals surface area contributed by atoms with Crippen molar-refractivity contribution in [1.82, 2.24) is 4.98 Å². The third-order valence-corrected chi connectivity index (χ3v) is 4.93. The average Bonchev–Trinajstić information content (AvgIpc) is 3.02. The van der Waals surface area contributed by atoms with Gasteiger partial charge in [-0.1, -0.05) is 48.0 Å². The molecule has 1 N–H and O–H groups in total. The molecular weight excluding hydrogens is 342 g/mol. The van der Waals surface area contributed by atoms with E-state index in [-0.39, 0.29) is 0 Å². The zero-order valence-corrected chi connectivity index (χ0v) is 15.5. The van der Waals surface area contributed by atoms with Gasteiger partial charge < -0.3 is 14.5 Å². The summed E-state index contributed by atoms with van der Waals surface area (Å²) in [5, 5.41) is 0.966. The van der Waals surface area contributed by atoms with Crippen LogP contribution in [0, 0.1) is 12.8 Å². The van der Waals surface area contributed by atoms with Gasteiger partial charge in [-0.05, 0) is 24.1 Å². The van der Waals surface area contributed by atoms with Crippen LogP contribution >= 0.6 is 0 Å². The number of carbonyl (C=O) groups is 2. The van der Waals surface area contributed by atoms with Crippen molar-refractivity contribution < 1.29 is 19.1 Å². The van der Waals surface area contributed by atoms with Gasteiger partial charge in [-0.2, -0.15) is 0 Å². The number of ether oxygens (including phenoxy) is 2. The van der Waals surface area contributed by atoms with Crippen LogP contribution in [0.5, 0.6) is 0 Å². The first-order valence-electron chi connectivity index (χ1n) is 8.94. The molecule has 0 unspecified atom stereocenters. The number of hydrogen-bond donors (Lipinski definition) is 1. The van der Waals surface area contributed by atoms with Crippen LogP contribution in [0.2, 0.25) is 0 Å². The highest BCUT2D eigenvalue weighted by Crippen LogP contribution is 2.40. The summed E-state index contributed by atoms with van der Waals surface area (Å²) in [6.07, 6.45) is 1.86. The van der Waals surface area contributed by atoms with E-state index in [4.69, 9.17) is 9.47 Å². The molecule has 2 aromatic carbocycles. The van der Waals surface area contributed by atoms with Gasteiger partial charge in [0.05, 0.1) is 0 Å². The van der Waals surface area contributed by atoms with Crippen molar-refractivity contribution in [3.8, 4) is 0 Å². The quantitative estimate of drug-likeness (QED) is 0.563. The SMILES string of the molecule is Cc1ccc([C@@H](c2c[nH]c3ccccc23)C2C(=O)OC(C)(C)OC2=O)cc1. The molecule has 0 aliphatic carbocycles. The van der Waals surface area contributed by atoms with Crippen molar-refractivity contribution in [3.05, 3.63) is 71.4 Å². The third-order valence-electron chi connectivity index (χ3n) is 4.93. The lowest BCUT2D eigenvalue weighted by Gasteiger charge is -2.36. The highest BCUT2D eigenvalue weighted by atomic mass is 16.7. The molecule has 4 rings (SSSR count). The summed E-state index contributed by atoms with van der Waals surface area (Å²) in [6.45, 7) is 5.12. The molecule has 138 valence electrons. The number of cyclic esters (lactones) is 2. The monoisotopic (exact) mass is 363 g/mol. The Morgan fingerprint density at radius 2 is 1.59 bits per heavy atom. The van der Waals surface area contributed by atoms with E-state index in [1.807, 2.05) is 61.7 Å². The molecule has 1 aromatic heterocycles. The first kappa shape index (κ1) is 17.3. The number of rotatable bonds is 3. The van der Waals surface area contributed by atoms with Gasteiger partial charge in [-0.15, -0.1) is 0 Å². The molecule has 1 fully saturated rings. The molecule has 3 aromatic rings. The van der Waals surface area contributed by atoms with Crippen molar-refractivity contribution in [2.75, 3.05) is 0 Å². The van der Waals surface area contributed by atoms with Gasteiger partial charge >= 0.3 is 11.9 Å². The van der Waals surface area contributed by atoms with Crippen molar-refractivity contribution in [2.45, 2.75) is 32.5 Å². The van der Waals surface area contributed by atoms with Crippen LogP contribution in [0.25, 0.3) is 10.9 Å². The predicted octanol–water partition coefficient (Wildman–Crippen LogP) is 4.06. The maximum absolute atomic E-state index is 12.8. The number of hydrogen-bond acceptors (Lipinski definition) is 4. The molecule has 1 saturated heterocycles. The summed E-state index contributed by atoms with van der Waals surface area (Å²) in [6, 6.07) is 15.7. The Labute approximate surface area is 157 Å². The number of fused-ring (bicyclic) bond motifs is 1. The summed E-state index contributed by atoms with van der Waals surface area (Å²) in [5.41, 5.74) is 3.78.